The van der Waals surface area contributed by atoms with Gasteiger partial charge in [-0.25, -0.2) is 9.18 Å². The van der Waals surface area contributed by atoms with Crippen LogP contribution in [0.5, 0.6) is 0 Å². The number of anilines is 1. The quantitative estimate of drug-likeness (QED) is 0.698. The first-order valence-corrected chi connectivity index (χ1v) is 9.86. The molecule has 29 heavy (non-hydrogen) atoms. The molecule has 4 rings (SSSR count). The van der Waals surface area contributed by atoms with E-state index in [9.17, 15) is 9.18 Å². The Morgan fingerprint density at radius 3 is 1.93 bits per heavy atom. The number of urea groups is 1. The highest BCUT2D eigenvalue weighted by molar-refractivity contribution is 5.89. The Hall–Kier alpha value is -3.18. The lowest BCUT2D eigenvalue weighted by atomic mass is 9.96. The van der Waals surface area contributed by atoms with E-state index >= 15 is 0 Å². The minimum absolute atomic E-state index is 0.158. The molecule has 4 nitrogen and oxygen atoms in total. The number of amides is 2. The van der Waals surface area contributed by atoms with Gasteiger partial charge in [0.1, 0.15) is 5.82 Å². The lowest BCUT2D eigenvalue weighted by molar-refractivity contribution is 0.126. The van der Waals surface area contributed by atoms with E-state index < -0.39 is 0 Å². The van der Waals surface area contributed by atoms with Gasteiger partial charge in [0, 0.05) is 31.9 Å². The normalized spacial score (nSPS) is 14.8. The van der Waals surface area contributed by atoms with Crippen LogP contribution in [0.15, 0.2) is 84.9 Å². The Morgan fingerprint density at radius 2 is 1.38 bits per heavy atom. The number of nitrogens with zero attached hydrogens (tertiary/aromatic N) is 2. The highest BCUT2D eigenvalue weighted by Crippen LogP contribution is 2.29. The average Bonchev–Trinajstić information content (AvgIpc) is 2.76. The highest BCUT2D eigenvalue weighted by Gasteiger charge is 2.28. The Labute approximate surface area is 170 Å². The second kappa shape index (κ2) is 8.88. The van der Waals surface area contributed by atoms with Crippen molar-refractivity contribution in [3.05, 3.63) is 102 Å². The van der Waals surface area contributed by atoms with Crippen molar-refractivity contribution in [2.45, 2.75) is 6.04 Å². The predicted molar refractivity (Wildman–Crippen MR) is 113 cm³/mol. The van der Waals surface area contributed by atoms with E-state index in [0.29, 0.717) is 18.8 Å². The molecular formula is C24H24FN3O. The molecule has 1 aliphatic rings. The summed E-state index contributed by atoms with van der Waals surface area (Å²) in [6.45, 7) is 2.78. The number of halogens is 1. The number of benzene rings is 3. The van der Waals surface area contributed by atoms with Crippen molar-refractivity contribution in [1.29, 1.82) is 0 Å². The fourth-order valence-corrected chi connectivity index (χ4v) is 3.84. The molecule has 0 spiro atoms. The van der Waals surface area contributed by atoms with E-state index in [-0.39, 0.29) is 17.9 Å². The summed E-state index contributed by atoms with van der Waals surface area (Å²) in [6.07, 6.45) is 0. The van der Waals surface area contributed by atoms with Gasteiger partial charge in [0.05, 0.1) is 6.04 Å². The molecule has 1 heterocycles. The van der Waals surface area contributed by atoms with Crippen molar-refractivity contribution >= 4 is 11.7 Å². The van der Waals surface area contributed by atoms with E-state index in [1.165, 1.54) is 23.3 Å². The van der Waals surface area contributed by atoms with Gasteiger partial charge in [-0.15, -0.1) is 0 Å². The molecule has 3 aromatic rings. The maximum Gasteiger partial charge on any atom is 0.321 e. The smallest absolute Gasteiger partial charge is 0.321 e. The monoisotopic (exact) mass is 389 g/mol. The summed E-state index contributed by atoms with van der Waals surface area (Å²) in [5, 5.41) is 2.79. The molecule has 0 unspecified atom stereocenters. The minimum atomic E-state index is -0.360. The molecule has 0 saturated carbocycles. The van der Waals surface area contributed by atoms with Gasteiger partial charge in [-0.2, -0.15) is 0 Å². The molecule has 148 valence electrons. The van der Waals surface area contributed by atoms with Crippen molar-refractivity contribution in [1.82, 2.24) is 9.80 Å². The zero-order chi connectivity index (χ0) is 20.1. The SMILES string of the molecule is O=C(Nc1cccc(F)c1)N1CCN(C(c2ccccc2)c2ccccc2)CC1. The van der Waals surface area contributed by atoms with Gasteiger partial charge in [0.15, 0.2) is 0 Å². The first-order chi connectivity index (χ1) is 14.2. The summed E-state index contributed by atoms with van der Waals surface area (Å²) in [5.41, 5.74) is 2.97. The predicted octanol–water partition coefficient (Wildman–Crippen LogP) is 4.76. The van der Waals surface area contributed by atoms with Gasteiger partial charge < -0.3 is 10.2 Å². The van der Waals surface area contributed by atoms with Gasteiger partial charge in [-0.1, -0.05) is 66.7 Å². The van der Waals surface area contributed by atoms with Crippen LogP contribution in [0.4, 0.5) is 14.9 Å². The molecule has 0 bridgehead atoms. The highest BCUT2D eigenvalue weighted by atomic mass is 19.1. The summed E-state index contributed by atoms with van der Waals surface area (Å²) in [5.74, 6) is -0.360. The van der Waals surface area contributed by atoms with Crippen LogP contribution in [0.3, 0.4) is 0 Å². The molecule has 3 aromatic carbocycles. The molecule has 2 amide bonds. The van der Waals surface area contributed by atoms with Crippen LogP contribution in [0.25, 0.3) is 0 Å². The first-order valence-electron chi connectivity index (χ1n) is 9.86. The Bertz CT molecular complexity index is 901. The van der Waals surface area contributed by atoms with Gasteiger partial charge in [-0.05, 0) is 29.3 Å². The summed E-state index contributed by atoms with van der Waals surface area (Å²) >= 11 is 0. The average molecular weight is 389 g/mol. The number of hydrogen-bond acceptors (Lipinski definition) is 2. The summed E-state index contributed by atoms with van der Waals surface area (Å²) in [6, 6.07) is 26.9. The molecule has 1 aliphatic heterocycles. The third-order valence-electron chi connectivity index (χ3n) is 5.27. The number of carbonyl (C=O) groups is 1. The third-order valence-corrected chi connectivity index (χ3v) is 5.27. The number of carbonyl (C=O) groups excluding carboxylic acids is 1. The van der Waals surface area contributed by atoms with E-state index in [1.807, 2.05) is 12.1 Å². The fraction of sp³-hybridized carbons (Fsp3) is 0.208. The van der Waals surface area contributed by atoms with Gasteiger partial charge in [0.25, 0.3) is 0 Å². The standard InChI is InChI=1S/C24H24FN3O/c25-21-12-7-13-22(18-21)26-24(29)28-16-14-27(15-17-28)23(19-8-3-1-4-9-19)20-10-5-2-6-11-20/h1-13,18,23H,14-17H2,(H,26,29). The van der Waals surface area contributed by atoms with Crippen molar-refractivity contribution in [3.63, 3.8) is 0 Å². The summed E-state index contributed by atoms with van der Waals surface area (Å²) in [7, 11) is 0. The maximum absolute atomic E-state index is 13.4. The fourth-order valence-electron chi connectivity index (χ4n) is 3.84. The second-order valence-electron chi connectivity index (χ2n) is 7.19. The van der Waals surface area contributed by atoms with Crippen molar-refractivity contribution in [3.8, 4) is 0 Å². The largest absolute Gasteiger partial charge is 0.322 e. The molecule has 1 saturated heterocycles. The number of rotatable bonds is 4. The molecule has 5 heteroatoms. The molecule has 0 radical (unpaired) electrons. The van der Waals surface area contributed by atoms with E-state index in [2.05, 4.69) is 58.7 Å². The van der Waals surface area contributed by atoms with E-state index in [1.54, 1.807) is 17.0 Å². The first kappa shape index (κ1) is 19.2. The van der Waals surface area contributed by atoms with Gasteiger partial charge >= 0.3 is 6.03 Å². The van der Waals surface area contributed by atoms with Gasteiger partial charge in [0.2, 0.25) is 0 Å². The van der Waals surface area contributed by atoms with Crippen LogP contribution in [-0.2, 0) is 0 Å². The lowest BCUT2D eigenvalue weighted by Crippen LogP contribution is -2.51. The molecule has 1 N–H and O–H groups in total. The van der Waals surface area contributed by atoms with Crippen LogP contribution >= 0.6 is 0 Å². The Balaban J connectivity index is 1.45. The summed E-state index contributed by atoms with van der Waals surface area (Å²) < 4.78 is 13.4. The zero-order valence-electron chi connectivity index (χ0n) is 16.2. The summed E-state index contributed by atoms with van der Waals surface area (Å²) in [4.78, 5) is 16.8. The molecule has 1 fully saturated rings. The van der Waals surface area contributed by atoms with Crippen LogP contribution in [0.1, 0.15) is 17.2 Å². The Kier molecular flexibility index (Phi) is 5.86. The van der Waals surface area contributed by atoms with E-state index in [0.717, 1.165) is 13.1 Å². The maximum atomic E-state index is 13.4. The number of piperazine rings is 1. The second-order valence-corrected chi connectivity index (χ2v) is 7.19. The molecule has 0 atom stereocenters. The zero-order valence-corrected chi connectivity index (χ0v) is 16.2. The van der Waals surface area contributed by atoms with Crippen LogP contribution in [-0.4, -0.2) is 42.0 Å². The molecule has 0 aliphatic carbocycles. The van der Waals surface area contributed by atoms with Crippen molar-refractivity contribution in [2.24, 2.45) is 0 Å². The molecular weight excluding hydrogens is 365 g/mol. The lowest BCUT2D eigenvalue weighted by Gasteiger charge is -2.39. The topological polar surface area (TPSA) is 35.6 Å². The van der Waals surface area contributed by atoms with Crippen molar-refractivity contribution in [2.75, 3.05) is 31.5 Å². The van der Waals surface area contributed by atoms with Crippen LogP contribution in [0, 0.1) is 5.82 Å². The number of hydrogen-bond donors (Lipinski definition) is 1. The van der Waals surface area contributed by atoms with E-state index in [4.69, 9.17) is 0 Å². The van der Waals surface area contributed by atoms with Crippen LogP contribution in [0.2, 0.25) is 0 Å². The minimum Gasteiger partial charge on any atom is -0.322 e. The Morgan fingerprint density at radius 1 is 0.793 bits per heavy atom. The van der Waals surface area contributed by atoms with Gasteiger partial charge in [-0.3, -0.25) is 4.90 Å². The van der Waals surface area contributed by atoms with Crippen LogP contribution < -0.4 is 5.32 Å². The molecule has 0 aromatic heterocycles. The third kappa shape index (κ3) is 4.63. The number of nitrogens with one attached hydrogen (secondary N) is 1. The van der Waals surface area contributed by atoms with Crippen molar-refractivity contribution < 1.29 is 9.18 Å².